The molecule has 1 fully saturated rings. The van der Waals surface area contributed by atoms with Crippen LogP contribution in [-0.4, -0.2) is 15.4 Å². The lowest BCUT2D eigenvalue weighted by Gasteiger charge is -2.29. The molecule has 114 valence electrons. The highest BCUT2D eigenvalue weighted by Crippen LogP contribution is 2.35. The van der Waals surface area contributed by atoms with Gasteiger partial charge in [-0.15, -0.1) is 11.6 Å². The van der Waals surface area contributed by atoms with E-state index in [4.69, 9.17) is 11.6 Å². The minimum absolute atomic E-state index is 0.259. The lowest BCUT2D eigenvalue weighted by molar-refractivity contribution is 0.289. The summed E-state index contributed by atoms with van der Waals surface area (Å²) in [5, 5.41) is 0. The van der Waals surface area contributed by atoms with Gasteiger partial charge in [0.05, 0.1) is 5.52 Å². The number of hydrogen-bond donors (Lipinski definition) is 0. The monoisotopic (exact) mass is 312 g/mol. The normalized spacial score (nSPS) is 22.9. The first-order valence-electron chi connectivity index (χ1n) is 7.52. The standard InChI is InChI=1S/C16H19ClF2N2/c1-10-2-4-12(5-3-10)21-14-9-11(18)8-13(19)16(14)20-15(21)6-7-17/h8-10,12H,2-7H2,1H3. The summed E-state index contributed by atoms with van der Waals surface area (Å²) in [6, 6.07) is 2.56. The second-order valence-electron chi connectivity index (χ2n) is 6.01. The Morgan fingerprint density at radius 1 is 1.24 bits per heavy atom. The van der Waals surface area contributed by atoms with Gasteiger partial charge in [-0.25, -0.2) is 13.8 Å². The number of alkyl halides is 1. The Balaban J connectivity index is 2.11. The molecule has 1 aromatic heterocycles. The van der Waals surface area contributed by atoms with Crippen LogP contribution in [0, 0.1) is 17.6 Å². The van der Waals surface area contributed by atoms with Gasteiger partial charge in [0.1, 0.15) is 17.2 Å². The Morgan fingerprint density at radius 3 is 2.62 bits per heavy atom. The maximum atomic E-state index is 14.0. The first-order chi connectivity index (χ1) is 10.1. The van der Waals surface area contributed by atoms with Gasteiger partial charge in [-0.3, -0.25) is 0 Å². The van der Waals surface area contributed by atoms with Gasteiger partial charge in [-0.2, -0.15) is 0 Å². The Bertz CT molecular complexity index is 645. The topological polar surface area (TPSA) is 17.8 Å². The summed E-state index contributed by atoms with van der Waals surface area (Å²) in [6.45, 7) is 2.25. The molecule has 1 aromatic carbocycles. The molecule has 0 saturated heterocycles. The second-order valence-corrected chi connectivity index (χ2v) is 6.38. The van der Waals surface area contributed by atoms with E-state index in [1.807, 2.05) is 4.57 Å². The summed E-state index contributed by atoms with van der Waals surface area (Å²) in [4.78, 5) is 4.37. The fourth-order valence-electron chi connectivity index (χ4n) is 3.34. The van der Waals surface area contributed by atoms with Crippen LogP contribution in [0.3, 0.4) is 0 Å². The zero-order valence-electron chi connectivity index (χ0n) is 12.1. The van der Waals surface area contributed by atoms with Crippen molar-refractivity contribution < 1.29 is 8.78 Å². The van der Waals surface area contributed by atoms with Gasteiger partial charge in [0, 0.05) is 24.4 Å². The van der Waals surface area contributed by atoms with Gasteiger partial charge in [-0.05, 0) is 37.7 Å². The average Bonchev–Trinajstić information content (AvgIpc) is 2.79. The Hall–Kier alpha value is -1.16. The lowest BCUT2D eigenvalue weighted by Crippen LogP contribution is -2.19. The molecule has 1 aliphatic carbocycles. The van der Waals surface area contributed by atoms with E-state index in [1.165, 1.54) is 6.07 Å². The van der Waals surface area contributed by atoms with Crippen molar-refractivity contribution in [3.05, 3.63) is 29.6 Å². The van der Waals surface area contributed by atoms with Crippen LogP contribution in [0.4, 0.5) is 8.78 Å². The molecule has 21 heavy (non-hydrogen) atoms. The lowest BCUT2D eigenvalue weighted by atomic mass is 9.87. The molecule has 2 aromatic rings. The van der Waals surface area contributed by atoms with E-state index in [0.717, 1.165) is 43.5 Å². The van der Waals surface area contributed by atoms with Crippen molar-refractivity contribution in [3.63, 3.8) is 0 Å². The van der Waals surface area contributed by atoms with Gasteiger partial charge in [0.15, 0.2) is 5.82 Å². The molecule has 3 rings (SSSR count). The summed E-state index contributed by atoms with van der Waals surface area (Å²) >= 11 is 5.85. The van der Waals surface area contributed by atoms with Crippen LogP contribution in [0.25, 0.3) is 11.0 Å². The zero-order valence-corrected chi connectivity index (χ0v) is 12.8. The number of fused-ring (bicyclic) bond motifs is 1. The van der Waals surface area contributed by atoms with Gasteiger partial charge < -0.3 is 4.57 Å². The van der Waals surface area contributed by atoms with E-state index >= 15 is 0 Å². The second kappa shape index (κ2) is 5.91. The maximum absolute atomic E-state index is 14.0. The van der Waals surface area contributed by atoms with Crippen molar-refractivity contribution in [2.24, 2.45) is 5.92 Å². The largest absolute Gasteiger partial charge is 0.325 e. The fourth-order valence-corrected chi connectivity index (χ4v) is 3.51. The predicted molar refractivity (Wildman–Crippen MR) is 80.7 cm³/mol. The van der Waals surface area contributed by atoms with E-state index in [1.54, 1.807) is 0 Å². The van der Waals surface area contributed by atoms with Gasteiger partial charge in [0.2, 0.25) is 0 Å². The third kappa shape index (κ3) is 2.78. The molecule has 0 radical (unpaired) electrons. The van der Waals surface area contributed by atoms with Gasteiger partial charge in [-0.1, -0.05) is 6.92 Å². The molecule has 0 bridgehead atoms. The molecule has 0 spiro atoms. The van der Waals surface area contributed by atoms with E-state index in [0.29, 0.717) is 17.8 Å². The fraction of sp³-hybridized carbons (Fsp3) is 0.562. The number of aryl methyl sites for hydroxylation is 1. The number of rotatable bonds is 3. The smallest absolute Gasteiger partial charge is 0.153 e. The van der Waals surface area contributed by atoms with Gasteiger partial charge in [0.25, 0.3) is 0 Å². The first kappa shape index (κ1) is 14.8. The average molecular weight is 313 g/mol. The van der Waals surface area contributed by atoms with Crippen LogP contribution in [0.1, 0.15) is 44.5 Å². The highest BCUT2D eigenvalue weighted by molar-refractivity contribution is 6.17. The molecule has 0 aliphatic heterocycles. The number of nitrogens with zero attached hydrogens (tertiary/aromatic N) is 2. The molecule has 0 atom stereocenters. The molecule has 5 heteroatoms. The Morgan fingerprint density at radius 2 is 1.95 bits per heavy atom. The molecule has 1 heterocycles. The van der Waals surface area contributed by atoms with Crippen molar-refractivity contribution >= 4 is 22.6 Å². The van der Waals surface area contributed by atoms with E-state index in [2.05, 4.69) is 11.9 Å². The number of hydrogen-bond acceptors (Lipinski definition) is 1. The van der Waals surface area contributed by atoms with Crippen molar-refractivity contribution in [2.75, 3.05) is 5.88 Å². The predicted octanol–water partition coefficient (Wildman–Crippen LogP) is 4.85. The van der Waals surface area contributed by atoms with Crippen molar-refractivity contribution in [1.29, 1.82) is 0 Å². The van der Waals surface area contributed by atoms with Crippen LogP contribution < -0.4 is 0 Å². The van der Waals surface area contributed by atoms with E-state index in [-0.39, 0.29) is 11.6 Å². The zero-order chi connectivity index (χ0) is 15.0. The quantitative estimate of drug-likeness (QED) is 0.741. The minimum atomic E-state index is -0.594. The number of aromatic nitrogens is 2. The summed E-state index contributed by atoms with van der Waals surface area (Å²) in [5.41, 5.74) is 0.822. The number of halogens is 3. The number of benzene rings is 1. The highest BCUT2D eigenvalue weighted by Gasteiger charge is 2.25. The summed E-state index contributed by atoms with van der Waals surface area (Å²) in [6.07, 6.45) is 4.91. The Kier molecular flexibility index (Phi) is 4.16. The SMILES string of the molecule is CC1CCC(n2c(CCCl)nc3c(F)cc(F)cc32)CC1. The Labute approximate surface area is 128 Å². The summed E-state index contributed by atoms with van der Waals surface area (Å²) in [5.74, 6) is 0.771. The van der Waals surface area contributed by atoms with Crippen LogP contribution in [0.15, 0.2) is 12.1 Å². The van der Waals surface area contributed by atoms with Gasteiger partial charge >= 0.3 is 0 Å². The highest BCUT2D eigenvalue weighted by atomic mass is 35.5. The molecule has 1 aliphatic rings. The van der Waals surface area contributed by atoms with E-state index < -0.39 is 11.6 Å². The maximum Gasteiger partial charge on any atom is 0.153 e. The third-order valence-electron chi connectivity index (χ3n) is 4.46. The first-order valence-corrected chi connectivity index (χ1v) is 8.05. The van der Waals surface area contributed by atoms with Crippen LogP contribution in [0.5, 0.6) is 0 Å². The summed E-state index contributed by atoms with van der Waals surface area (Å²) in [7, 11) is 0. The molecule has 1 saturated carbocycles. The van der Waals surface area contributed by atoms with Crippen molar-refractivity contribution in [3.8, 4) is 0 Å². The van der Waals surface area contributed by atoms with E-state index in [9.17, 15) is 8.78 Å². The molecular weight excluding hydrogens is 294 g/mol. The van der Waals surface area contributed by atoms with Crippen molar-refractivity contribution in [2.45, 2.75) is 45.1 Å². The van der Waals surface area contributed by atoms with Crippen molar-refractivity contribution in [1.82, 2.24) is 9.55 Å². The molecule has 0 amide bonds. The van der Waals surface area contributed by atoms with Crippen LogP contribution in [-0.2, 0) is 6.42 Å². The molecule has 2 nitrogen and oxygen atoms in total. The van der Waals surface area contributed by atoms with Crippen LogP contribution in [0.2, 0.25) is 0 Å². The molecule has 0 N–H and O–H groups in total. The molecule has 0 unspecified atom stereocenters. The van der Waals surface area contributed by atoms with Crippen LogP contribution >= 0.6 is 11.6 Å². The summed E-state index contributed by atoms with van der Waals surface area (Å²) < 4.78 is 29.6. The third-order valence-corrected chi connectivity index (χ3v) is 4.64. The minimum Gasteiger partial charge on any atom is -0.325 e. The molecular formula is C16H19ClF2N2. The number of imidazole rings is 1.